The first-order valence-corrected chi connectivity index (χ1v) is 7.78. The SMILES string of the molecule is CCOc1ccc(NC(=O)CNC(=O)[C@@H]2CC[C@H](CN)O2)cc1.Cl. The fourth-order valence-electron chi connectivity index (χ4n) is 2.36. The summed E-state index contributed by atoms with van der Waals surface area (Å²) in [5.74, 6) is 0.172. The Kier molecular flexibility index (Phi) is 8.53. The Morgan fingerprint density at radius 2 is 2.00 bits per heavy atom. The third-order valence-corrected chi connectivity index (χ3v) is 3.54. The zero-order valence-electron chi connectivity index (χ0n) is 13.6. The minimum Gasteiger partial charge on any atom is -0.494 e. The van der Waals surface area contributed by atoms with Crippen LogP contribution in [0.5, 0.6) is 5.75 Å². The van der Waals surface area contributed by atoms with E-state index in [9.17, 15) is 9.59 Å². The Morgan fingerprint density at radius 3 is 2.58 bits per heavy atom. The van der Waals surface area contributed by atoms with Gasteiger partial charge in [0.25, 0.3) is 0 Å². The molecular formula is C16H24ClN3O4. The largest absolute Gasteiger partial charge is 0.494 e. The molecule has 1 saturated heterocycles. The zero-order chi connectivity index (χ0) is 16.7. The number of ether oxygens (including phenoxy) is 2. The standard InChI is InChI=1S/C16H23N3O4.ClH/c1-2-22-12-5-3-11(4-6-12)19-15(20)10-18-16(21)14-8-7-13(9-17)23-14;/h3-6,13-14H,2,7-10,17H2,1H3,(H,18,21)(H,19,20);1H/t13-,14+;/m1./s1. The molecule has 1 aromatic rings. The molecule has 1 fully saturated rings. The molecule has 0 spiro atoms. The van der Waals surface area contributed by atoms with Gasteiger partial charge < -0.3 is 25.8 Å². The van der Waals surface area contributed by atoms with Crippen LogP contribution in [0.4, 0.5) is 5.69 Å². The third-order valence-electron chi connectivity index (χ3n) is 3.54. The van der Waals surface area contributed by atoms with Gasteiger partial charge in [-0.25, -0.2) is 0 Å². The van der Waals surface area contributed by atoms with Crippen molar-refractivity contribution in [2.24, 2.45) is 5.73 Å². The summed E-state index contributed by atoms with van der Waals surface area (Å²) in [6.07, 6.45) is 0.825. The zero-order valence-corrected chi connectivity index (χ0v) is 14.4. The van der Waals surface area contributed by atoms with Gasteiger partial charge in [-0.05, 0) is 44.0 Å². The van der Waals surface area contributed by atoms with Crippen molar-refractivity contribution in [2.75, 3.05) is 25.0 Å². The number of carbonyl (C=O) groups is 2. The van der Waals surface area contributed by atoms with Gasteiger partial charge in [0.2, 0.25) is 11.8 Å². The maximum atomic E-state index is 11.9. The second kappa shape index (κ2) is 10.1. The number of amides is 2. The maximum Gasteiger partial charge on any atom is 0.249 e. The van der Waals surface area contributed by atoms with Crippen LogP contribution < -0.4 is 21.1 Å². The van der Waals surface area contributed by atoms with E-state index in [1.165, 1.54) is 0 Å². The van der Waals surface area contributed by atoms with Crippen molar-refractivity contribution >= 4 is 29.9 Å². The summed E-state index contributed by atoms with van der Waals surface area (Å²) in [7, 11) is 0. The van der Waals surface area contributed by atoms with Gasteiger partial charge in [-0.1, -0.05) is 0 Å². The van der Waals surface area contributed by atoms with Crippen molar-refractivity contribution in [2.45, 2.75) is 32.0 Å². The summed E-state index contributed by atoms with van der Waals surface area (Å²) < 4.78 is 10.8. The van der Waals surface area contributed by atoms with Crippen LogP contribution in [-0.4, -0.2) is 43.7 Å². The number of hydrogen-bond acceptors (Lipinski definition) is 5. The van der Waals surface area contributed by atoms with E-state index in [0.717, 1.165) is 12.2 Å². The maximum absolute atomic E-state index is 11.9. The molecule has 4 N–H and O–H groups in total. The Morgan fingerprint density at radius 1 is 1.29 bits per heavy atom. The van der Waals surface area contributed by atoms with Crippen LogP contribution in [-0.2, 0) is 14.3 Å². The van der Waals surface area contributed by atoms with E-state index < -0.39 is 6.10 Å². The number of halogens is 1. The normalized spacial score (nSPS) is 19.2. The highest BCUT2D eigenvalue weighted by Crippen LogP contribution is 2.19. The molecule has 8 heteroatoms. The summed E-state index contributed by atoms with van der Waals surface area (Å²) in [5, 5.41) is 5.29. The molecular weight excluding hydrogens is 334 g/mol. The van der Waals surface area contributed by atoms with E-state index in [1.807, 2.05) is 6.92 Å². The number of benzene rings is 1. The monoisotopic (exact) mass is 357 g/mol. The van der Waals surface area contributed by atoms with Crippen molar-refractivity contribution in [1.82, 2.24) is 5.32 Å². The molecule has 1 heterocycles. The van der Waals surface area contributed by atoms with Gasteiger partial charge in [0.05, 0.1) is 19.3 Å². The van der Waals surface area contributed by atoms with E-state index in [0.29, 0.717) is 25.3 Å². The number of anilines is 1. The second-order valence-corrected chi connectivity index (χ2v) is 5.28. The molecule has 0 aromatic heterocycles. The van der Waals surface area contributed by atoms with Gasteiger partial charge >= 0.3 is 0 Å². The highest BCUT2D eigenvalue weighted by atomic mass is 35.5. The lowest BCUT2D eigenvalue weighted by Crippen LogP contribution is -2.39. The molecule has 0 saturated carbocycles. The van der Waals surface area contributed by atoms with Crippen molar-refractivity contribution in [1.29, 1.82) is 0 Å². The van der Waals surface area contributed by atoms with Gasteiger partial charge in [0.1, 0.15) is 11.9 Å². The van der Waals surface area contributed by atoms with E-state index in [1.54, 1.807) is 24.3 Å². The number of nitrogens with two attached hydrogens (primary N) is 1. The minimum atomic E-state index is -0.512. The summed E-state index contributed by atoms with van der Waals surface area (Å²) >= 11 is 0. The van der Waals surface area contributed by atoms with Crippen LogP contribution in [0.25, 0.3) is 0 Å². The number of nitrogens with one attached hydrogen (secondary N) is 2. The van der Waals surface area contributed by atoms with Gasteiger partial charge in [0, 0.05) is 12.2 Å². The number of hydrogen-bond donors (Lipinski definition) is 3. The molecule has 1 aromatic carbocycles. The summed E-state index contributed by atoms with van der Waals surface area (Å²) in [4.78, 5) is 23.8. The quantitative estimate of drug-likeness (QED) is 0.677. The summed E-state index contributed by atoms with van der Waals surface area (Å²) in [6, 6.07) is 7.04. The van der Waals surface area contributed by atoms with Crippen molar-refractivity contribution in [3.8, 4) is 5.75 Å². The van der Waals surface area contributed by atoms with Crippen molar-refractivity contribution in [3.63, 3.8) is 0 Å². The van der Waals surface area contributed by atoms with Gasteiger partial charge in [-0.3, -0.25) is 9.59 Å². The van der Waals surface area contributed by atoms with E-state index in [-0.39, 0.29) is 36.9 Å². The molecule has 0 aliphatic carbocycles. The minimum absolute atomic E-state index is 0. The van der Waals surface area contributed by atoms with Gasteiger partial charge in [0.15, 0.2) is 0 Å². The molecule has 0 unspecified atom stereocenters. The van der Waals surface area contributed by atoms with Crippen LogP contribution in [0.1, 0.15) is 19.8 Å². The summed E-state index contributed by atoms with van der Waals surface area (Å²) in [6.45, 7) is 2.80. The highest BCUT2D eigenvalue weighted by Gasteiger charge is 2.29. The van der Waals surface area contributed by atoms with Gasteiger partial charge in [-0.2, -0.15) is 0 Å². The average Bonchev–Trinajstić information content (AvgIpc) is 3.04. The fraction of sp³-hybridized carbons (Fsp3) is 0.500. The molecule has 0 bridgehead atoms. The lowest BCUT2D eigenvalue weighted by molar-refractivity contribution is -0.133. The first kappa shape index (κ1) is 20.2. The molecule has 2 rings (SSSR count). The van der Waals surface area contributed by atoms with Crippen LogP contribution >= 0.6 is 12.4 Å². The summed E-state index contributed by atoms with van der Waals surface area (Å²) in [5.41, 5.74) is 6.15. The highest BCUT2D eigenvalue weighted by molar-refractivity contribution is 5.95. The molecule has 134 valence electrons. The van der Waals surface area contributed by atoms with E-state index >= 15 is 0 Å². The van der Waals surface area contributed by atoms with Crippen molar-refractivity contribution in [3.05, 3.63) is 24.3 Å². The van der Waals surface area contributed by atoms with Crippen LogP contribution in [0, 0.1) is 0 Å². The van der Waals surface area contributed by atoms with E-state index in [4.69, 9.17) is 15.2 Å². The number of carbonyl (C=O) groups excluding carboxylic acids is 2. The third kappa shape index (κ3) is 5.99. The van der Waals surface area contributed by atoms with Crippen LogP contribution in [0.2, 0.25) is 0 Å². The van der Waals surface area contributed by atoms with Gasteiger partial charge in [-0.15, -0.1) is 12.4 Å². The Balaban J connectivity index is 0.00000288. The Bertz CT molecular complexity index is 539. The lowest BCUT2D eigenvalue weighted by atomic mass is 10.2. The van der Waals surface area contributed by atoms with E-state index in [2.05, 4.69) is 10.6 Å². The molecule has 1 aliphatic heterocycles. The fourth-order valence-corrected chi connectivity index (χ4v) is 2.36. The predicted molar refractivity (Wildman–Crippen MR) is 93.4 cm³/mol. The molecule has 24 heavy (non-hydrogen) atoms. The Hall–Kier alpha value is -1.83. The topological polar surface area (TPSA) is 103 Å². The average molecular weight is 358 g/mol. The molecule has 0 radical (unpaired) electrons. The predicted octanol–water partition coefficient (Wildman–Crippen LogP) is 1.07. The molecule has 1 aliphatic rings. The molecule has 7 nitrogen and oxygen atoms in total. The van der Waals surface area contributed by atoms with Crippen LogP contribution in [0.3, 0.4) is 0 Å². The first-order chi connectivity index (χ1) is 11.1. The molecule has 2 amide bonds. The second-order valence-electron chi connectivity index (χ2n) is 5.28. The van der Waals surface area contributed by atoms with Crippen LogP contribution in [0.15, 0.2) is 24.3 Å². The Labute approximate surface area is 147 Å². The first-order valence-electron chi connectivity index (χ1n) is 7.78. The smallest absolute Gasteiger partial charge is 0.249 e. The molecule has 2 atom stereocenters. The lowest BCUT2D eigenvalue weighted by Gasteiger charge is -2.12. The van der Waals surface area contributed by atoms with Crippen molar-refractivity contribution < 1.29 is 19.1 Å². The number of rotatable bonds is 7.